The maximum atomic E-state index is 12.9. The molecule has 104 valence electrons. The Balaban J connectivity index is 2.45. The Labute approximate surface area is 114 Å². The number of hydrogen-bond donors (Lipinski definition) is 0. The quantitative estimate of drug-likeness (QED) is 0.628. The van der Waals surface area contributed by atoms with Crippen LogP contribution in [-0.4, -0.2) is 29.8 Å². The minimum Gasteiger partial charge on any atom is -0.466 e. The zero-order valence-electron chi connectivity index (χ0n) is 10.6. The number of carbonyl (C=O) groups is 1. The molecule has 8 heteroatoms. The van der Waals surface area contributed by atoms with E-state index < -0.39 is 17.7 Å². The first-order chi connectivity index (χ1) is 9.31. The number of fused-ring (bicyclic) bond motifs is 1. The molecule has 0 bridgehead atoms. The second kappa shape index (κ2) is 5.18. The van der Waals surface area contributed by atoms with Gasteiger partial charge >= 0.3 is 12.1 Å². The molecule has 2 radical (unpaired) electrons. The van der Waals surface area contributed by atoms with Gasteiger partial charge in [-0.25, -0.2) is 4.98 Å². The summed E-state index contributed by atoms with van der Waals surface area (Å²) < 4.78 is 44.6. The molecule has 0 aliphatic carbocycles. The number of rotatable bonds is 3. The maximum absolute atomic E-state index is 12.9. The van der Waals surface area contributed by atoms with Gasteiger partial charge in [-0.2, -0.15) is 13.2 Å². The van der Waals surface area contributed by atoms with E-state index in [2.05, 4.69) is 4.98 Å². The van der Waals surface area contributed by atoms with Crippen molar-refractivity contribution in [2.24, 2.45) is 0 Å². The summed E-state index contributed by atoms with van der Waals surface area (Å²) >= 11 is 0. The molecular weight excluding hydrogens is 272 g/mol. The van der Waals surface area contributed by atoms with E-state index in [1.807, 2.05) is 0 Å². The third kappa shape index (κ3) is 2.94. The Morgan fingerprint density at radius 1 is 1.45 bits per heavy atom. The van der Waals surface area contributed by atoms with Crippen LogP contribution in [0.25, 0.3) is 5.65 Å². The minimum absolute atomic E-state index is 0.0371. The molecule has 2 rings (SSSR count). The van der Waals surface area contributed by atoms with E-state index in [1.54, 1.807) is 6.92 Å². The molecule has 0 aromatic carbocycles. The van der Waals surface area contributed by atoms with Crippen LogP contribution >= 0.6 is 0 Å². The smallest absolute Gasteiger partial charge is 0.419 e. The van der Waals surface area contributed by atoms with E-state index in [4.69, 9.17) is 12.6 Å². The van der Waals surface area contributed by atoms with Crippen molar-refractivity contribution >= 4 is 24.9 Å². The summed E-state index contributed by atoms with van der Waals surface area (Å²) in [5.74, 6) is -0.544. The topological polar surface area (TPSA) is 43.6 Å². The fourth-order valence-electron chi connectivity index (χ4n) is 1.82. The lowest BCUT2D eigenvalue weighted by Gasteiger charge is -2.09. The van der Waals surface area contributed by atoms with Crippen molar-refractivity contribution in [3.8, 4) is 0 Å². The normalized spacial score (nSPS) is 11.8. The summed E-state index contributed by atoms with van der Waals surface area (Å²) in [7, 11) is 5.44. The molecule has 0 atom stereocenters. The number of aromatic nitrogens is 2. The van der Waals surface area contributed by atoms with Gasteiger partial charge in [0, 0.05) is 12.4 Å². The molecule has 0 spiro atoms. The number of nitrogens with zero attached hydrogens (tertiary/aromatic N) is 2. The molecule has 0 N–H and O–H groups in total. The molecule has 2 heterocycles. The molecule has 2 aromatic rings. The molecule has 4 nitrogen and oxygen atoms in total. The monoisotopic (exact) mass is 282 g/mol. The largest absolute Gasteiger partial charge is 0.466 e. The highest BCUT2D eigenvalue weighted by Gasteiger charge is 2.34. The molecular formula is C12H10BF3N2O2. The molecule has 0 saturated carbocycles. The number of ether oxygens (including phenoxy) is 1. The van der Waals surface area contributed by atoms with E-state index >= 15 is 0 Å². The first-order valence-corrected chi connectivity index (χ1v) is 5.81. The van der Waals surface area contributed by atoms with Crippen molar-refractivity contribution in [3.05, 3.63) is 29.7 Å². The average molecular weight is 282 g/mol. The second-order valence-corrected chi connectivity index (χ2v) is 4.13. The zero-order chi connectivity index (χ0) is 14.9. The lowest BCUT2D eigenvalue weighted by atomic mass is 9.97. The van der Waals surface area contributed by atoms with Crippen LogP contribution in [0.1, 0.15) is 18.2 Å². The van der Waals surface area contributed by atoms with Crippen LogP contribution in [0.4, 0.5) is 13.2 Å². The first kappa shape index (κ1) is 14.4. The molecule has 0 saturated heterocycles. The van der Waals surface area contributed by atoms with Gasteiger partial charge in [0.15, 0.2) is 0 Å². The summed E-state index contributed by atoms with van der Waals surface area (Å²) in [6.45, 7) is 1.84. The van der Waals surface area contributed by atoms with Gasteiger partial charge < -0.3 is 9.14 Å². The molecule has 0 aliphatic rings. The molecule has 0 fully saturated rings. The Bertz CT molecular complexity index is 652. The predicted octanol–water partition coefficient (Wildman–Crippen LogP) is 1.25. The van der Waals surface area contributed by atoms with Crippen LogP contribution in [0.5, 0.6) is 0 Å². The highest BCUT2D eigenvalue weighted by atomic mass is 19.4. The fraction of sp³-hybridized carbons (Fsp3) is 0.333. The van der Waals surface area contributed by atoms with Crippen LogP contribution in [0.3, 0.4) is 0 Å². The second-order valence-electron chi connectivity index (χ2n) is 4.13. The number of hydrogen-bond acceptors (Lipinski definition) is 3. The van der Waals surface area contributed by atoms with Gasteiger partial charge in [-0.15, -0.1) is 0 Å². The van der Waals surface area contributed by atoms with Crippen molar-refractivity contribution in [2.45, 2.75) is 19.5 Å². The molecule has 20 heavy (non-hydrogen) atoms. The summed E-state index contributed by atoms with van der Waals surface area (Å²) in [6.07, 6.45) is -2.11. The lowest BCUT2D eigenvalue weighted by Crippen LogP contribution is -2.14. The van der Waals surface area contributed by atoms with Gasteiger partial charge in [0.1, 0.15) is 13.5 Å². The standard InChI is InChI=1S/C12H10BF3N2O2/c1-2-20-10(19)4-8-6-18-5-7(13)3-9(11(18)17-8)12(14,15)16/h3,5-6H,2,4H2,1H3. The van der Waals surface area contributed by atoms with Crippen LogP contribution in [0, 0.1) is 0 Å². The van der Waals surface area contributed by atoms with E-state index in [0.717, 1.165) is 10.5 Å². The van der Waals surface area contributed by atoms with Crippen molar-refractivity contribution in [3.63, 3.8) is 0 Å². The third-order valence-corrected chi connectivity index (χ3v) is 2.56. The maximum Gasteiger partial charge on any atom is 0.419 e. The Morgan fingerprint density at radius 2 is 2.15 bits per heavy atom. The molecule has 0 amide bonds. The first-order valence-electron chi connectivity index (χ1n) is 5.81. The molecule has 2 aromatic heterocycles. The average Bonchev–Trinajstić information content (AvgIpc) is 2.68. The van der Waals surface area contributed by atoms with Crippen LogP contribution in [-0.2, 0) is 22.1 Å². The highest BCUT2D eigenvalue weighted by Crippen LogP contribution is 2.31. The highest BCUT2D eigenvalue weighted by molar-refractivity contribution is 6.32. The van der Waals surface area contributed by atoms with Gasteiger partial charge in [0.2, 0.25) is 0 Å². The number of pyridine rings is 1. The summed E-state index contributed by atoms with van der Waals surface area (Å²) in [4.78, 5) is 15.1. The Hall–Kier alpha value is -1.99. The number of alkyl halides is 3. The third-order valence-electron chi connectivity index (χ3n) is 2.56. The number of esters is 1. The van der Waals surface area contributed by atoms with Crippen LogP contribution < -0.4 is 5.46 Å². The van der Waals surface area contributed by atoms with Gasteiger partial charge in [-0.3, -0.25) is 4.79 Å². The summed E-state index contributed by atoms with van der Waals surface area (Å²) in [5, 5.41) is 0. The van der Waals surface area contributed by atoms with E-state index in [0.29, 0.717) is 0 Å². The molecule has 0 unspecified atom stereocenters. The van der Waals surface area contributed by atoms with Crippen LogP contribution in [0.15, 0.2) is 18.5 Å². The molecule has 0 aliphatic heterocycles. The number of halogens is 3. The van der Waals surface area contributed by atoms with Gasteiger partial charge in [-0.1, -0.05) is 11.5 Å². The van der Waals surface area contributed by atoms with Crippen molar-refractivity contribution in [2.75, 3.05) is 6.61 Å². The zero-order valence-corrected chi connectivity index (χ0v) is 10.6. The minimum atomic E-state index is -4.57. The van der Waals surface area contributed by atoms with E-state index in [1.165, 1.54) is 12.4 Å². The lowest BCUT2D eigenvalue weighted by molar-refractivity contribution is -0.142. The summed E-state index contributed by atoms with van der Waals surface area (Å²) in [5.41, 5.74) is -1.07. The van der Waals surface area contributed by atoms with Crippen molar-refractivity contribution < 1.29 is 22.7 Å². The predicted molar refractivity (Wildman–Crippen MR) is 65.9 cm³/mol. The van der Waals surface area contributed by atoms with Gasteiger partial charge in [0.05, 0.1) is 24.3 Å². The summed E-state index contributed by atoms with van der Waals surface area (Å²) in [6, 6.07) is 0.816. The van der Waals surface area contributed by atoms with Crippen molar-refractivity contribution in [1.29, 1.82) is 0 Å². The SMILES string of the molecule is [B]c1cc(C(F)(F)F)c2nc(CC(=O)OCC)cn2c1. The van der Waals surface area contributed by atoms with E-state index in [9.17, 15) is 18.0 Å². The van der Waals surface area contributed by atoms with E-state index in [-0.39, 0.29) is 29.8 Å². The number of carbonyl (C=O) groups excluding carboxylic acids is 1. The number of imidazole rings is 1. The fourth-order valence-corrected chi connectivity index (χ4v) is 1.82. The Kier molecular flexibility index (Phi) is 3.74. The van der Waals surface area contributed by atoms with Gasteiger partial charge in [-0.05, 0) is 6.92 Å². The van der Waals surface area contributed by atoms with Gasteiger partial charge in [0.25, 0.3) is 0 Å². The van der Waals surface area contributed by atoms with Crippen LogP contribution in [0.2, 0.25) is 0 Å². The Morgan fingerprint density at radius 3 is 2.75 bits per heavy atom. The van der Waals surface area contributed by atoms with Crippen molar-refractivity contribution in [1.82, 2.24) is 9.38 Å².